The summed E-state index contributed by atoms with van der Waals surface area (Å²) in [4.78, 5) is 6.82. The Bertz CT molecular complexity index is 3180. The van der Waals surface area contributed by atoms with Crippen molar-refractivity contribution >= 4 is 56.9 Å². The second kappa shape index (κ2) is 14.8. The number of fused-ring (bicyclic) bond motifs is 5. The molecule has 0 atom stereocenters. The average molecular weight is 943 g/mol. The van der Waals surface area contributed by atoms with E-state index in [1.54, 1.807) is 6.20 Å². The molecule has 0 spiro atoms. The van der Waals surface area contributed by atoms with Gasteiger partial charge in [-0.25, -0.2) is 4.98 Å². The number of nitrogens with zero attached hydrogens (tertiary/aromatic N) is 5. The number of hydrogen-bond donors (Lipinski definition) is 0. The first-order valence-corrected chi connectivity index (χ1v) is 19.3. The van der Waals surface area contributed by atoms with E-state index >= 15 is 0 Å². The molecule has 0 aliphatic carbocycles. The maximum Gasteiger partial charge on any atom is 0.524 e. The van der Waals surface area contributed by atoms with Crippen LogP contribution in [-0.4, -0.2) is 21.2 Å². The molecule has 59 heavy (non-hydrogen) atoms. The van der Waals surface area contributed by atoms with Crippen molar-refractivity contribution < 1.29 is 35.0 Å². The molecule has 1 aliphatic rings. The molecule has 7 nitrogen and oxygen atoms in total. The molecule has 1 aliphatic heterocycles. The zero-order chi connectivity index (χ0) is 38.7. The summed E-state index contributed by atoms with van der Waals surface area (Å²) < 4.78 is 19.7. The van der Waals surface area contributed by atoms with Crippen LogP contribution in [0, 0.1) is 32.3 Å². The summed E-state index contributed by atoms with van der Waals surface area (Å²) in [5, 5.41) is 2.38. The van der Waals surface area contributed by atoms with Crippen LogP contribution in [0.25, 0.3) is 49.9 Å². The number of hydrogen-bond acceptors (Lipinski definition) is 4. The van der Waals surface area contributed by atoms with Gasteiger partial charge in [-0.2, -0.15) is 18.2 Å². The molecular weight excluding hydrogens is 908 g/mol. The topological polar surface area (TPSA) is 48.3 Å². The SMILES string of the molecule is Cc1cccc(C)c1B1Oc2cccnc2N1c1[c-]c(Oc2[c-]c(-n3[c-][n+](-c4cccc5c6ccccc6n(-c6ccccc6)c45)c4ccccc43)ccc2)ccc1.[Pt]. The van der Waals surface area contributed by atoms with Crippen molar-refractivity contribution in [1.82, 2.24) is 14.1 Å². The Morgan fingerprint density at radius 2 is 1.29 bits per heavy atom. The Morgan fingerprint density at radius 1 is 0.627 bits per heavy atom. The molecule has 0 N–H and O–H groups in total. The monoisotopic (exact) mass is 942 g/mol. The molecule has 0 amide bonds. The van der Waals surface area contributed by atoms with Gasteiger partial charge in [0, 0.05) is 55.2 Å². The van der Waals surface area contributed by atoms with E-state index in [-0.39, 0.29) is 21.1 Å². The van der Waals surface area contributed by atoms with Gasteiger partial charge in [-0.15, -0.1) is 30.3 Å². The normalized spacial score (nSPS) is 12.2. The van der Waals surface area contributed by atoms with Crippen molar-refractivity contribution in [3.63, 3.8) is 0 Å². The fraction of sp³-hybridized carbons (Fsp3) is 0.0400. The first kappa shape index (κ1) is 36.5. The number of anilines is 2. The minimum atomic E-state index is -0.406. The molecule has 4 heterocycles. The molecule has 0 bridgehead atoms. The van der Waals surface area contributed by atoms with Crippen molar-refractivity contribution in [3.8, 4) is 34.3 Å². The number of imidazole rings is 1. The maximum absolute atomic E-state index is 6.57. The van der Waals surface area contributed by atoms with Crippen LogP contribution < -0.4 is 24.2 Å². The summed E-state index contributed by atoms with van der Waals surface area (Å²) in [6.07, 6.45) is 5.50. The van der Waals surface area contributed by atoms with E-state index in [1.165, 1.54) is 10.8 Å². The predicted molar refractivity (Wildman–Crippen MR) is 230 cm³/mol. The third-order valence-corrected chi connectivity index (χ3v) is 11.0. The third-order valence-electron chi connectivity index (χ3n) is 11.0. The number of rotatable bonds is 7. The first-order chi connectivity index (χ1) is 28.6. The smallest absolute Gasteiger partial charge is 0.524 e. The van der Waals surface area contributed by atoms with Gasteiger partial charge in [-0.1, -0.05) is 108 Å². The molecule has 0 unspecified atom stereocenters. The summed E-state index contributed by atoms with van der Waals surface area (Å²) in [5.41, 5.74) is 11.4. The van der Waals surface area contributed by atoms with Crippen LogP contribution in [0.4, 0.5) is 11.5 Å². The molecule has 9 heteroatoms. The van der Waals surface area contributed by atoms with E-state index in [9.17, 15) is 0 Å². The molecule has 0 saturated carbocycles. The van der Waals surface area contributed by atoms with Crippen LogP contribution in [0.15, 0.2) is 170 Å². The summed E-state index contributed by atoms with van der Waals surface area (Å²) in [6.45, 7) is 4.23. The van der Waals surface area contributed by atoms with Crippen molar-refractivity contribution in [1.29, 1.82) is 0 Å². The Balaban J connectivity index is 0.00000420. The van der Waals surface area contributed by atoms with Crippen LogP contribution in [0.1, 0.15) is 11.1 Å². The molecule has 10 aromatic rings. The van der Waals surface area contributed by atoms with Gasteiger partial charge in [0.25, 0.3) is 6.33 Å². The number of aromatic nitrogens is 4. The number of aryl methyl sites for hydroxylation is 2. The number of para-hydroxylation sites is 5. The van der Waals surface area contributed by atoms with E-state index in [4.69, 9.17) is 14.4 Å². The van der Waals surface area contributed by atoms with Gasteiger partial charge in [-0.05, 0) is 61.4 Å². The first-order valence-electron chi connectivity index (χ1n) is 19.3. The second-order valence-electron chi connectivity index (χ2n) is 14.5. The summed E-state index contributed by atoms with van der Waals surface area (Å²) >= 11 is 0. The second-order valence-corrected chi connectivity index (χ2v) is 14.5. The van der Waals surface area contributed by atoms with Crippen molar-refractivity contribution in [2.75, 3.05) is 4.81 Å². The standard InChI is InChI=1S/C50H34BN5O2.Pt/c1-34-15-10-16-35(2)48(34)51-56(50-47(58-51)29-14-30-52-50)38-20-12-22-40(32-38)57-39-21-11-19-37(31-39)53-33-54(45-27-9-8-26-44(45)53)46-28-13-24-42-41-23-6-7-25-43(41)55(49(42)46)36-17-4-3-5-18-36;/h3-30H,1-2H3;/q-2;. The number of ether oxygens (including phenoxy) is 1. The van der Waals surface area contributed by atoms with Crippen LogP contribution in [0.5, 0.6) is 17.2 Å². The Kier molecular flexibility index (Phi) is 9.15. The van der Waals surface area contributed by atoms with Crippen molar-refractivity contribution in [2.45, 2.75) is 13.8 Å². The van der Waals surface area contributed by atoms with Crippen LogP contribution in [-0.2, 0) is 21.1 Å². The maximum atomic E-state index is 6.57. The van der Waals surface area contributed by atoms with Gasteiger partial charge in [0.2, 0.25) is 0 Å². The van der Waals surface area contributed by atoms with Gasteiger partial charge >= 0.3 is 7.05 Å². The van der Waals surface area contributed by atoms with E-state index in [0.29, 0.717) is 11.5 Å². The molecule has 0 radical (unpaired) electrons. The fourth-order valence-corrected chi connectivity index (χ4v) is 8.41. The van der Waals surface area contributed by atoms with Crippen molar-refractivity contribution in [3.05, 3.63) is 200 Å². The van der Waals surface area contributed by atoms with Gasteiger partial charge in [0.15, 0.2) is 5.82 Å². The third kappa shape index (κ3) is 6.10. The van der Waals surface area contributed by atoms with Gasteiger partial charge < -0.3 is 23.3 Å². The van der Waals surface area contributed by atoms with Crippen LogP contribution in [0.2, 0.25) is 0 Å². The summed E-state index contributed by atoms with van der Waals surface area (Å²) in [5.74, 6) is 2.56. The van der Waals surface area contributed by atoms with E-state index in [0.717, 1.165) is 73.0 Å². The molecule has 11 rings (SSSR count). The predicted octanol–water partition coefficient (Wildman–Crippen LogP) is 10.1. The Labute approximate surface area is 356 Å². The largest absolute Gasteiger partial charge is 0.535 e. The zero-order valence-corrected chi connectivity index (χ0v) is 34.4. The quantitative estimate of drug-likeness (QED) is 0.0908. The fourth-order valence-electron chi connectivity index (χ4n) is 8.41. The average Bonchev–Trinajstić information content (AvgIpc) is 3.94. The van der Waals surface area contributed by atoms with E-state index in [2.05, 4.69) is 166 Å². The van der Waals surface area contributed by atoms with Gasteiger partial charge in [-0.3, -0.25) is 4.57 Å². The Morgan fingerprint density at radius 3 is 2.10 bits per heavy atom. The summed E-state index contributed by atoms with van der Waals surface area (Å²) in [6, 6.07) is 63.1. The minimum Gasteiger partial charge on any atom is -0.535 e. The van der Waals surface area contributed by atoms with Gasteiger partial charge in [0.05, 0.1) is 27.8 Å². The molecule has 0 saturated heterocycles. The van der Waals surface area contributed by atoms with Crippen molar-refractivity contribution in [2.24, 2.45) is 0 Å². The Hall–Kier alpha value is -6.89. The minimum absolute atomic E-state index is 0. The van der Waals surface area contributed by atoms with E-state index in [1.807, 2.05) is 48.5 Å². The van der Waals surface area contributed by atoms with Crippen LogP contribution in [0.3, 0.4) is 0 Å². The molecule has 286 valence electrons. The summed E-state index contributed by atoms with van der Waals surface area (Å²) in [7, 11) is -0.406. The molecular formula is C50H34BN5O2Pt-2. The zero-order valence-electron chi connectivity index (χ0n) is 32.1. The number of benzene rings is 7. The van der Waals surface area contributed by atoms with Crippen LogP contribution >= 0.6 is 0 Å². The molecule has 3 aromatic heterocycles. The number of pyridine rings is 1. The molecule has 7 aromatic carbocycles. The molecule has 0 fully saturated rings. The van der Waals surface area contributed by atoms with Gasteiger partial charge in [0.1, 0.15) is 5.75 Å². The van der Waals surface area contributed by atoms with E-state index < -0.39 is 7.05 Å².